The summed E-state index contributed by atoms with van der Waals surface area (Å²) in [4.78, 5) is 25.3. The summed E-state index contributed by atoms with van der Waals surface area (Å²) >= 11 is 0. The van der Waals surface area contributed by atoms with Crippen LogP contribution in [-0.2, 0) is 19.1 Å². The van der Waals surface area contributed by atoms with Crippen LogP contribution in [0.15, 0.2) is 24.0 Å². The molecule has 0 aromatic carbocycles. The fourth-order valence-electron chi connectivity index (χ4n) is 8.34. The Morgan fingerprint density at radius 3 is 2.65 bits per heavy atom. The van der Waals surface area contributed by atoms with Gasteiger partial charge in [-0.1, -0.05) is 25.5 Å². The summed E-state index contributed by atoms with van der Waals surface area (Å²) in [5.74, 6) is 0.709. The number of rotatable bonds is 4. The summed E-state index contributed by atoms with van der Waals surface area (Å²) in [5.41, 5.74) is 1.04. The van der Waals surface area contributed by atoms with Gasteiger partial charge in [0.25, 0.3) is 0 Å². The lowest BCUT2D eigenvalue weighted by atomic mass is 9.41. The largest absolute Gasteiger partial charge is 0.513 e. The molecule has 7 unspecified atom stereocenters. The van der Waals surface area contributed by atoms with Gasteiger partial charge in [0.1, 0.15) is 6.10 Å². The molecule has 4 aliphatic rings. The molecule has 1 N–H and O–H groups in total. The molecule has 4 saturated carbocycles. The molecule has 172 valence electrons. The summed E-state index contributed by atoms with van der Waals surface area (Å²) < 4.78 is 11.3. The van der Waals surface area contributed by atoms with E-state index in [9.17, 15) is 14.7 Å². The van der Waals surface area contributed by atoms with Crippen LogP contribution in [0.4, 0.5) is 0 Å². The van der Waals surface area contributed by atoms with E-state index in [0.717, 1.165) is 51.4 Å². The van der Waals surface area contributed by atoms with E-state index in [-0.39, 0.29) is 47.0 Å². The summed E-state index contributed by atoms with van der Waals surface area (Å²) in [6, 6.07) is 0. The van der Waals surface area contributed by atoms with Gasteiger partial charge < -0.3 is 14.6 Å². The van der Waals surface area contributed by atoms with Crippen LogP contribution < -0.4 is 0 Å². The Morgan fingerprint density at radius 1 is 1.23 bits per heavy atom. The highest BCUT2D eigenvalue weighted by Crippen LogP contribution is 2.72. The standard InChI is InChI=1S/C26H38O5/c1-16-14-26-12-9-20-24(3,10-6-11-25(20,4)23(29)30-5)21(26)13-19(18(16)15-26)31-22(28)8-7-17(2)27/h7,18-21,27H,1,6,8-15H2,2-5H3. The van der Waals surface area contributed by atoms with Crippen molar-refractivity contribution in [2.45, 2.75) is 84.7 Å². The minimum Gasteiger partial charge on any atom is -0.513 e. The van der Waals surface area contributed by atoms with Gasteiger partial charge in [0.2, 0.25) is 0 Å². The van der Waals surface area contributed by atoms with Crippen molar-refractivity contribution >= 4 is 11.9 Å². The van der Waals surface area contributed by atoms with Gasteiger partial charge >= 0.3 is 11.9 Å². The van der Waals surface area contributed by atoms with Gasteiger partial charge in [-0.25, -0.2) is 0 Å². The van der Waals surface area contributed by atoms with Gasteiger partial charge in [-0.3, -0.25) is 9.59 Å². The molecule has 0 saturated heterocycles. The third kappa shape index (κ3) is 3.43. The van der Waals surface area contributed by atoms with Crippen molar-refractivity contribution in [3.05, 3.63) is 24.0 Å². The fourth-order valence-corrected chi connectivity index (χ4v) is 8.34. The van der Waals surface area contributed by atoms with Crippen molar-refractivity contribution < 1.29 is 24.2 Å². The molecule has 0 aromatic heterocycles. The maximum atomic E-state index is 12.9. The number of aliphatic hydroxyl groups excluding tert-OH is 1. The average molecular weight is 431 g/mol. The van der Waals surface area contributed by atoms with E-state index in [0.29, 0.717) is 11.8 Å². The number of carbonyl (C=O) groups excluding carboxylic acids is 2. The van der Waals surface area contributed by atoms with Gasteiger partial charge in [-0.05, 0) is 87.5 Å². The monoisotopic (exact) mass is 430 g/mol. The zero-order chi connectivity index (χ0) is 22.6. The third-order valence-corrected chi connectivity index (χ3v) is 9.59. The molecule has 1 spiro atoms. The minimum atomic E-state index is -0.439. The van der Waals surface area contributed by atoms with E-state index >= 15 is 0 Å². The number of allylic oxidation sites excluding steroid dienone is 1. The Labute approximate surface area is 186 Å². The van der Waals surface area contributed by atoms with Crippen LogP contribution in [-0.4, -0.2) is 30.3 Å². The molecule has 4 fully saturated rings. The smallest absolute Gasteiger partial charge is 0.311 e. The molecule has 0 aromatic rings. The minimum absolute atomic E-state index is 0.0290. The molecule has 7 atom stereocenters. The van der Waals surface area contributed by atoms with Crippen molar-refractivity contribution in [3.63, 3.8) is 0 Å². The number of hydrogen-bond donors (Lipinski definition) is 1. The Balaban J connectivity index is 1.63. The topological polar surface area (TPSA) is 72.8 Å². The summed E-state index contributed by atoms with van der Waals surface area (Å²) in [7, 11) is 1.51. The predicted molar refractivity (Wildman–Crippen MR) is 118 cm³/mol. The number of hydrogen-bond acceptors (Lipinski definition) is 5. The Kier molecular flexibility index (Phi) is 5.54. The van der Waals surface area contributed by atoms with Crippen molar-refractivity contribution in [2.75, 3.05) is 7.11 Å². The quantitative estimate of drug-likeness (QED) is 0.362. The molecule has 0 amide bonds. The highest BCUT2D eigenvalue weighted by molar-refractivity contribution is 5.77. The summed E-state index contributed by atoms with van der Waals surface area (Å²) in [6.07, 6.45) is 9.55. The first kappa shape index (κ1) is 22.4. The van der Waals surface area contributed by atoms with Crippen molar-refractivity contribution in [3.8, 4) is 0 Å². The third-order valence-electron chi connectivity index (χ3n) is 9.59. The summed E-state index contributed by atoms with van der Waals surface area (Å²) in [6.45, 7) is 10.5. The van der Waals surface area contributed by atoms with Gasteiger partial charge in [-0.2, -0.15) is 0 Å². The fraction of sp³-hybridized carbons (Fsp3) is 0.769. The maximum Gasteiger partial charge on any atom is 0.311 e. The lowest BCUT2D eigenvalue weighted by Gasteiger charge is -2.64. The molecule has 4 rings (SSSR count). The van der Waals surface area contributed by atoms with E-state index < -0.39 is 5.41 Å². The molecular formula is C26H38O5. The molecule has 0 heterocycles. The maximum absolute atomic E-state index is 12.9. The molecule has 5 nitrogen and oxygen atoms in total. The summed E-state index contributed by atoms with van der Waals surface area (Å²) in [5, 5.41) is 9.39. The average Bonchev–Trinajstić information content (AvgIpc) is 2.98. The lowest BCUT2D eigenvalue weighted by Crippen LogP contribution is -2.59. The first-order chi connectivity index (χ1) is 14.6. The molecule has 4 aliphatic carbocycles. The van der Waals surface area contributed by atoms with E-state index in [2.05, 4.69) is 20.4 Å². The number of carbonyl (C=O) groups is 2. The zero-order valence-corrected chi connectivity index (χ0v) is 19.5. The first-order valence-corrected chi connectivity index (χ1v) is 11.9. The number of fused-ring (bicyclic) bond motifs is 3. The Bertz CT molecular complexity index is 811. The number of esters is 2. The molecule has 2 bridgehead atoms. The van der Waals surface area contributed by atoms with E-state index in [1.54, 1.807) is 6.92 Å². The van der Waals surface area contributed by atoms with Crippen molar-refractivity contribution in [1.29, 1.82) is 0 Å². The predicted octanol–water partition coefficient (Wildman–Crippen LogP) is 5.50. The molecule has 31 heavy (non-hydrogen) atoms. The van der Waals surface area contributed by atoms with Gasteiger partial charge in [0.05, 0.1) is 24.7 Å². The van der Waals surface area contributed by atoms with Crippen LogP contribution in [0.25, 0.3) is 0 Å². The second-order valence-electron chi connectivity index (χ2n) is 11.2. The zero-order valence-electron chi connectivity index (χ0n) is 19.5. The molecule has 0 radical (unpaired) electrons. The molecule has 0 aliphatic heterocycles. The number of aliphatic hydroxyl groups is 1. The second kappa shape index (κ2) is 7.67. The molecule has 5 heteroatoms. The normalized spacial score (nSPS) is 44.3. The van der Waals surface area contributed by atoms with Crippen LogP contribution >= 0.6 is 0 Å². The van der Waals surface area contributed by atoms with Gasteiger partial charge in [0, 0.05) is 5.92 Å². The highest BCUT2D eigenvalue weighted by atomic mass is 16.5. The van der Waals surface area contributed by atoms with E-state index in [1.165, 1.54) is 18.8 Å². The van der Waals surface area contributed by atoms with Gasteiger partial charge in [0.15, 0.2) is 0 Å². The Hall–Kier alpha value is -1.78. The van der Waals surface area contributed by atoms with Crippen LogP contribution in [0.3, 0.4) is 0 Å². The first-order valence-electron chi connectivity index (χ1n) is 11.9. The number of methoxy groups -OCH3 is 1. The van der Waals surface area contributed by atoms with E-state index in [1.807, 2.05) is 0 Å². The van der Waals surface area contributed by atoms with Crippen LogP contribution in [0.5, 0.6) is 0 Å². The van der Waals surface area contributed by atoms with Crippen LogP contribution in [0, 0.1) is 34.0 Å². The highest BCUT2D eigenvalue weighted by Gasteiger charge is 2.67. The number of ether oxygens (including phenoxy) is 2. The van der Waals surface area contributed by atoms with Crippen molar-refractivity contribution in [2.24, 2.45) is 34.0 Å². The van der Waals surface area contributed by atoms with Crippen molar-refractivity contribution in [1.82, 2.24) is 0 Å². The van der Waals surface area contributed by atoms with Crippen LogP contribution in [0.1, 0.15) is 78.6 Å². The SMILES string of the molecule is C=C1CC23CCC4C(C)(C(=O)OC)CCCC4(C)C2CC(OC(=O)CC=C(C)O)C1C3. The van der Waals surface area contributed by atoms with Gasteiger partial charge in [-0.15, -0.1) is 0 Å². The Morgan fingerprint density at radius 2 is 1.97 bits per heavy atom. The van der Waals surface area contributed by atoms with Crippen LogP contribution in [0.2, 0.25) is 0 Å². The lowest BCUT2D eigenvalue weighted by molar-refractivity contribution is -0.193. The second-order valence-corrected chi connectivity index (χ2v) is 11.2. The van der Waals surface area contributed by atoms with E-state index in [4.69, 9.17) is 9.47 Å². The molecular weight excluding hydrogens is 392 g/mol.